The first-order valence-electron chi connectivity index (χ1n) is 7.52. The second-order valence-corrected chi connectivity index (χ2v) is 9.12. The molecule has 0 aliphatic carbocycles. The molecule has 4 rings (SSSR count). The van der Waals surface area contributed by atoms with Crippen LogP contribution in [-0.2, 0) is 14.6 Å². The van der Waals surface area contributed by atoms with Gasteiger partial charge < -0.3 is 14.4 Å². The average molecular weight is 368 g/mol. The van der Waals surface area contributed by atoms with E-state index in [1.165, 1.54) is 18.7 Å². The summed E-state index contributed by atoms with van der Waals surface area (Å²) in [5.74, 6) is 1.79. The van der Waals surface area contributed by atoms with Crippen LogP contribution in [0.15, 0.2) is 23.2 Å². The number of aliphatic imine (C=N–C) groups is 1. The SMILES string of the molecule is CC(=O)CSC1=N[C@H]2CS(=O)(=O)C[C@H]2N1c1ccc2c(c1)OCO2. The predicted octanol–water partition coefficient (Wildman–Crippen LogP) is 1.08. The van der Waals surface area contributed by atoms with Crippen molar-refractivity contribution in [2.24, 2.45) is 4.99 Å². The van der Waals surface area contributed by atoms with Gasteiger partial charge in [-0.1, -0.05) is 11.8 Å². The molecule has 3 aliphatic rings. The van der Waals surface area contributed by atoms with Gasteiger partial charge in [-0.15, -0.1) is 0 Å². The molecule has 0 amide bonds. The van der Waals surface area contributed by atoms with E-state index in [2.05, 4.69) is 4.99 Å². The Morgan fingerprint density at radius 2 is 2.12 bits per heavy atom. The number of sulfone groups is 1. The summed E-state index contributed by atoms with van der Waals surface area (Å²) in [6, 6.07) is 4.99. The van der Waals surface area contributed by atoms with E-state index < -0.39 is 9.84 Å². The summed E-state index contributed by atoms with van der Waals surface area (Å²) in [6.45, 7) is 1.71. The van der Waals surface area contributed by atoms with Crippen molar-refractivity contribution >= 4 is 38.2 Å². The zero-order chi connectivity index (χ0) is 16.9. The van der Waals surface area contributed by atoms with Crippen LogP contribution in [0.5, 0.6) is 11.5 Å². The molecule has 7 nitrogen and oxygen atoms in total. The summed E-state index contributed by atoms with van der Waals surface area (Å²) in [4.78, 5) is 17.8. The summed E-state index contributed by atoms with van der Waals surface area (Å²) in [7, 11) is -3.09. The van der Waals surface area contributed by atoms with Gasteiger partial charge in [0.1, 0.15) is 5.78 Å². The second-order valence-electron chi connectivity index (χ2n) is 6.02. The number of anilines is 1. The minimum absolute atomic E-state index is 0.0537. The zero-order valence-electron chi connectivity index (χ0n) is 13.0. The maximum atomic E-state index is 12.0. The van der Waals surface area contributed by atoms with Crippen LogP contribution in [0.4, 0.5) is 5.69 Å². The van der Waals surface area contributed by atoms with Crippen molar-refractivity contribution in [2.45, 2.75) is 19.0 Å². The Balaban J connectivity index is 1.69. The van der Waals surface area contributed by atoms with Gasteiger partial charge in [0.15, 0.2) is 26.5 Å². The molecule has 3 heterocycles. The molecule has 0 N–H and O–H groups in total. The first-order valence-corrected chi connectivity index (χ1v) is 10.3. The van der Waals surface area contributed by atoms with Crippen molar-refractivity contribution in [2.75, 3.05) is 29.0 Å². The van der Waals surface area contributed by atoms with Gasteiger partial charge in [-0.05, 0) is 19.1 Å². The van der Waals surface area contributed by atoms with Crippen molar-refractivity contribution in [3.8, 4) is 11.5 Å². The third-order valence-electron chi connectivity index (χ3n) is 4.15. The fourth-order valence-corrected chi connectivity index (χ4v) is 5.90. The molecular formula is C15H16N2O5S2. The maximum Gasteiger partial charge on any atom is 0.231 e. The smallest absolute Gasteiger partial charge is 0.231 e. The number of rotatable bonds is 3. The fraction of sp³-hybridized carbons (Fsp3) is 0.467. The van der Waals surface area contributed by atoms with Crippen molar-refractivity contribution in [3.63, 3.8) is 0 Å². The number of Topliss-reactive ketones (excluding diaryl/α,β-unsaturated/α-hetero) is 1. The number of hydrogen-bond acceptors (Lipinski definition) is 8. The number of hydrogen-bond donors (Lipinski definition) is 0. The molecule has 128 valence electrons. The molecule has 24 heavy (non-hydrogen) atoms. The quantitative estimate of drug-likeness (QED) is 0.789. The molecule has 0 aromatic heterocycles. The van der Waals surface area contributed by atoms with Gasteiger partial charge in [-0.3, -0.25) is 9.79 Å². The van der Waals surface area contributed by atoms with Gasteiger partial charge in [0, 0.05) is 11.8 Å². The molecule has 1 aromatic rings. The topological polar surface area (TPSA) is 85.3 Å². The van der Waals surface area contributed by atoms with Gasteiger partial charge in [0.2, 0.25) is 6.79 Å². The largest absolute Gasteiger partial charge is 0.454 e. The predicted molar refractivity (Wildman–Crippen MR) is 91.8 cm³/mol. The molecule has 0 unspecified atom stereocenters. The summed E-state index contributed by atoms with van der Waals surface area (Å²) in [5.41, 5.74) is 0.804. The number of thioether (sulfide) groups is 1. The average Bonchev–Trinajstić information content (AvgIpc) is 3.15. The number of amidine groups is 1. The number of ether oxygens (including phenoxy) is 2. The van der Waals surface area contributed by atoms with Crippen molar-refractivity contribution in [1.82, 2.24) is 0 Å². The lowest BCUT2D eigenvalue weighted by Crippen LogP contribution is -2.39. The van der Waals surface area contributed by atoms with Gasteiger partial charge >= 0.3 is 0 Å². The van der Waals surface area contributed by atoms with E-state index in [1.807, 2.05) is 23.1 Å². The minimum Gasteiger partial charge on any atom is -0.454 e. The highest BCUT2D eigenvalue weighted by Gasteiger charge is 2.47. The highest BCUT2D eigenvalue weighted by Crippen LogP contribution is 2.40. The molecule has 0 saturated carbocycles. The highest BCUT2D eigenvalue weighted by atomic mass is 32.2. The number of ketones is 1. The molecular weight excluding hydrogens is 352 g/mol. The van der Waals surface area contributed by atoms with Crippen molar-refractivity contribution in [1.29, 1.82) is 0 Å². The van der Waals surface area contributed by atoms with E-state index in [9.17, 15) is 13.2 Å². The summed E-state index contributed by atoms with van der Waals surface area (Å²) >= 11 is 1.34. The lowest BCUT2D eigenvalue weighted by molar-refractivity contribution is -0.114. The van der Waals surface area contributed by atoms with E-state index >= 15 is 0 Å². The molecule has 0 radical (unpaired) electrons. The van der Waals surface area contributed by atoms with Crippen LogP contribution in [0.1, 0.15) is 6.92 Å². The Hall–Kier alpha value is -1.74. The molecule has 2 atom stereocenters. The number of benzene rings is 1. The molecule has 0 bridgehead atoms. The number of nitrogens with zero attached hydrogens (tertiary/aromatic N) is 2. The molecule has 1 saturated heterocycles. The first kappa shape index (κ1) is 15.8. The van der Waals surface area contributed by atoms with Crippen molar-refractivity contribution < 1.29 is 22.7 Å². The van der Waals surface area contributed by atoms with Crippen LogP contribution >= 0.6 is 11.8 Å². The maximum absolute atomic E-state index is 12.0. The standard InChI is InChI=1S/C15H16N2O5S2/c1-9(18)5-23-15-16-11-6-24(19,20)7-12(11)17(15)10-2-3-13-14(4-10)22-8-21-13/h2-4,11-12H,5-8H2,1H3/t11-,12+/m0/s1. The summed E-state index contributed by atoms with van der Waals surface area (Å²) in [5, 5.41) is 0.689. The van der Waals surface area contributed by atoms with Crippen LogP contribution in [-0.4, -0.2) is 55.5 Å². The molecule has 1 aromatic carbocycles. The number of carbonyl (C=O) groups is 1. The Morgan fingerprint density at radius 1 is 1.33 bits per heavy atom. The van der Waals surface area contributed by atoms with Crippen LogP contribution in [0.2, 0.25) is 0 Å². The Labute approximate surface area is 143 Å². The van der Waals surface area contributed by atoms with Crippen LogP contribution in [0.25, 0.3) is 0 Å². The van der Waals surface area contributed by atoms with E-state index in [1.54, 1.807) is 0 Å². The van der Waals surface area contributed by atoms with Crippen LogP contribution in [0, 0.1) is 0 Å². The van der Waals surface area contributed by atoms with E-state index in [0.29, 0.717) is 22.4 Å². The lowest BCUT2D eigenvalue weighted by Gasteiger charge is -2.26. The third kappa shape index (κ3) is 2.75. The first-order chi connectivity index (χ1) is 11.4. The number of fused-ring (bicyclic) bond motifs is 2. The fourth-order valence-electron chi connectivity index (χ4n) is 3.14. The van der Waals surface area contributed by atoms with Gasteiger partial charge in [-0.2, -0.15) is 0 Å². The minimum atomic E-state index is -3.09. The molecule has 3 aliphatic heterocycles. The van der Waals surface area contributed by atoms with Gasteiger partial charge in [0.05, 0.1) is 29.3 Å². The molecule has 9 heteroatoms. The van der Waals surface area contributed by atoms with Crippen molar-refractivity contribution in [3.05, 3.63) is 18.2 Å². The van der Waals surface area contributed by atoms with Crippen LogP contribution in [0.3, 0.4) is 0 Å². The third-order valence-corrected chi connectivity index (χ3v) is 6.96. The Kier molecular flexibility index (Phi) is 3.72. The number of carbonyl (C=O) groups excluding carboxylic acids is 1. The monoisotopic (exact) mass is 368 g/mol. The van der Waals surface area contributed by atoms with E-state index in [-0.39, 0.29) is 36.2 Å². The molecule has 0 spiro atoms. The van der Waals surface area contributed by atoms with E-state index in [4.69, 9.17) is 9.47 Å². The zero-order valence-corrected chi connectivity index (χ0v) is 14.6. The van der Waals surface area contributed by atoms with Gasteiger partial charge in [0.25, 0.3) is 0 Å². The van der Waals surface area contributed by atoms with Gasteiger partial charge in [-0.25, -0.2) is 8.42 Å². The summed E-state index contributed by atoms with van der Waals surface area (Å²) in [6.07, 6.45) is 0. The van der Waals surface area contributed by atoms with E-state index in [0.717, 1.165) is 5.69 Å². The van der Waals surface area contributed by atoms with Crippen LogP contribution < -0.4 is 14.4 Å². The lowest BCUT2D eigenvalue weighted by atomic mass is 10.1. The highest BCUT2D eigenvalue weighted by molar-refractivity contribution is 8.14. The normalized spacial score (nSPS) is 26.4. The Bertz CT molecular complexity index is 836. The summed E-state index contributed by atoms with van der Waals surface area (Å²) < 4.78 is 34.7. The second kappa shape index (κ2) is 5.66. The Morgan fingerprint density at radius 3 is 2.92 bits per heavy atom. The molecule has 1 fully saturated rings.